The molecule has 1 aliphatic rings. The van der Waals surface area contributed by atoms with E-state index >= 15 is 0 Å². The Hall–Kier alpha value is -4.26. The number of rotatable bonds is 5. The first kappa shape index (κ1) is 19.7. The van der Waals surface area contributed by atoms with Crippen LogP contribution in [0.4, 0.5) is 5.95 Å². The topological polar surface area (TPSA) is 81.9 Å². The zero-order valence-electron chi connectivity index (χ0n) is 17.5. The third kappa shape index (κ3) is 3.76. The van der Waals surface area contributed by atoms with Crippen LogP contribution in [0.2, 0.25) is 0 Å². The molecular formula is C25H21N5O2. The fraction of sp³-hybridized carbons (Fsp3) is 0.120. The van der Waals surface area contributed by atoms with E-state index in [4.69, 9.17) is 9.84 Å². The molecule has 0 amide bonds. The summed E-state index contributed by atoms with van der Waals surface area (Å²) in [6, 6.07) is 22.6. The van der Waals surface area contributed by atoms with Crippen molar-refractivity contribution in [2.24, 2.45) is 0 Å². The van der Waals surface area contributed by atoms with Crippen molar-refractivity contribution in [3.63, 3.8) is 0 Å². The minimum Gasteiger partial charge on any atom is -0.457 e. The number of aromatic nitrogens is 4. The summed E-state index contributed by atoms with van der Waals surface area (Å²) in [6.45, 7) is 2.04. The second-order valence-corrected chi connectivity index (χ2v) is 7.48. The van der Waals surface area contributed by atoms with E-state index in [0.29, 0.717) is 23.0 Å². The van der Waals surface area contributed by atoms with Gasteiger partial charge in [-0.3, -0.25) is 4.98 Å². The average molecular weight is 423 g/mol. The number of allylic oxidation sites excluding steroid dienone is 1. The Morgan fingerprint density at radius 1 is 1.03 bits per heavy atom. The number of hydrogen-bond acceptors (Lipinski definition) is 6. The number of benzene rings is 2. The summed E-state index contributed by atoms with van der Waals surface area (Å²) in [5.74, 6) is 0.735. The predicted molar refractivity (Wildman–Crippen MR) is 120 cm³/mol. The summed E-state index contributed by atoms with van der Waals surface area (Å²) in [6.07, 6.45) is 3.44. The van der Waals surface area contributed by atoms with Crippen molar-refractivity contribution < 1.29 is 9.53 Å². The molecule has 1 atom stereocenters. The highest BCUT2D eigenvalue weighted by Crippen LogP contribution is 2.36. The van der Waals surface area contributed by atoms with Crippen LogP contribution in [-0.2, 0) is 16.1 Å². The average Bonchev–Trinajstić information content (AvgIpc) is 3.27. The zero-order valence-corrected chi connectivity index (χ0v) is 17.5. The van der Waals surface area contributed by atoms with Crippen LogP contribution in [-0.4, -0.2) is 25.7 Å². The molecule has 5 rings (SSSR count). The quantitative estimate of drug-likeness (QED) is 0.480. The molecule has 0 saturated carbocycles. The van der Waals surface area contributed by atoms with Gasteiger partial charge in [0.25, 0.3) is 0 Å². The lowest BCUT2D eigenvalue weighted by Gasteiger charge is -2.27. The second kappa shape index (κ2) is 8.47. The van der Waals surface area contributed by atoms with Crippen molar-refractivity contribution in [2.75, 3.05) is 5.32 Å². The molecule has 3 heterocycles. The first-order valence-corrected chi connectivity index (χ1v) is 10.3. The van der Waals surface area contributed by atoms with Gasteiger partial charge in [-0.1, -0.05) is 66.7 Å². The fourth-order valence-corrected chi connectivity index (χ4v) is 3.77. The van der Waals surface area contributed by atoms with Gasteiger partial charge in [0.05, 0.1) is 5.57 Å². The van der Waals surface area contributed by atoms with Gasteiger partial charge in [0.15, 0.2) is 5.82 Å². The Balaban J connectivity index is 1.53. The van der Waals surface area contributed by atoms with Crippen LogP contribution in [0.1, 0.15) is 24.1 Å². The zero-order chi connectivity index (χ0) is 21.9. The monoisotopic (exact) mass is 423 g/mol. The van der Waals surface area contributed by atoms with Crippen LogP contribution >= 0.6 is 0 Å². The van der Waals surface area contributed by atoms with E-state index in [2.05, 4.69) is 15.3 Å². The van der Waals surface area contributed by atoms with Crippen molar-refractivity contribution >= 4 is 11.9 Å². The van der Waals surface area contributed by atoms with Crippen LogP contribution in [0.25, 0.3) is 11.4 Å². The number of pyridine rings is 1. The summed E-state index contributed by atoms with van der Waals surface area (Å²) in [4.78, 5) is 22.2. The van der Waals surface area contributed by atoms with Crippen LogP contribution < -0.4 is 5.32 Å². The number of ether oxygens (including phenoxy) is 1. The lowest BCUT2D eigenvalue weighted by molar-refractivity contribution is -0.140. The van der Waals surface area contributed by atoms with Gasteiger partial charge >= 0.3 is 5.97 Å². The molecule has 0 saturated heterocycles. The minimum absolute atomic E-state index is 0.190. The number of esters is 1. The summed E-state index contributed by atoms with van der Waals surface area (Å²) in [7, 11) is 0. The van der Waals surface area contributed by atoms with Gasteiger partial charge in [0.1, 0.15) is 12.6 Å². The first-order chi connectivity index (χ1) is 15.7. The molecule has 0 aliphatic carbocycles. The molecule has 4 aromatic rings. The lowest BCUT2D eigenvalue weighted by Crippen LogP contribution is -2.29. The molecule has 1 unspecified atom stereocenters. The van der Waals surface area contributed by atoms with Gasteiger partial charge in [0, 0.05) is 23.7 Å². The van der Waals surface area contributed by atoms with E-state index in [1.54, 1.807) is 17.1 Å². The van der Waals surface area contributed by atoms with Crippen LogP contribution in [0.5, 0.6) is 0 Å². The summed E-state index contributed by atoms with van der Waals surface area (Å²) in [5, 5.41) is 7.96. The van der Waals surface area contributed by atoms with E-state index in [1.165, 1.54) is 0 Å². The lowest BCUT2D eigenvalue weighted by atomic mass is 9.97. The highest BCUT2D eigenvalue weighted by Gasteiger charge is 2.35. The predicted octanol–water partition coefficient (Wildman–Crippen LogP) is 4.37. The molecular weight excluding hydrogens is 402 g/mol. The highest BCUT2D eigenvalue weighted by molar-refractivity contribution is 5.92. The Bertz CT molecular complexity index is 1270. The van der Waals surface area contributed by atoms with E-state index in [1.807, 2.05) is 79.7 Å². The summed E-state index contributed by atoms with van der Waals surface area (Å²) in [5.41, 5.74) is 3.80. The minimum atomic E-state index is -0.506. The normalized spacial score (nSPS) is 15.1. The Morgan fingerprint density at radius 2 is 1.78 bits per heavy atom. The van der Waals surface area contributed by atoms with Gasteiger partial charge in [-0.15, -0.1) is 5.10 Å². The maximum atomic E-state index is 13.3. The number of nitrogens with zero attached hydrogens (tertiary/aromatic N) is 4. The van der Waals surface area contributed by atoms with Crippen molar-refractivity contribution in [3.05, 3.63) is 108 Å². The van der Waals surface area contributed by atoms with Crippen LogP contribution in [0, 0.1) is 0 Å². The van der Waals surface area contributed by atoms with Gasteiger partial charge in [-0.25, -0.2) is 9.48 Å². The molecule has 0 fully saturated rings. The number of carbonyl (C=O) groups is 1. The molecule has 2 aromatic heterocycles. The Morgan fingerprint density at radius 3 is 2.50 bits per heavy atom. The van der Waals surface area contributed by atoms with Crippen LogP contribution in [0.3, 0.4) is 0 Å². The third-order valence-corrected chi connectivity index (χ3v) is 5.32. The fourth-order valence-electron chi connectivity index (χ4n) is 3.77. The molecule has 0 spiro atoms. The van der Waals surface area contributed by atoms with E-state index < -0.39 is 12.0 Å². The van der Waals surface area contributed by atoms with Crippen molar-refractivity contribution in [1.29, 1.82) is 0 Å². The SMILES string of the molecule is CC1=C(C(=O)OCc2ccccc2)C(c2cccnc2)n2nc(-c3ccccc3)nc2N1. The molecule has 7 heteroatoms. The maximum absolute atomic E-state index is 13.3. The Kier molecular flexibility index (Phi) is 5.21. The largest absolute Gasteiger partial charge is 0.457 e. The number of fused-ring (bicyclic) bond motifs is 1. The molecule has 2 aromatic carbocycles. The maximum Gasteiger partial charge on any atom is 0.338 e. The molecule has 32 heavy (non-hydrogen) atoms. The van der Waals surface area contributed by atoms with Gasteiger partial charge < -0.3 is 10.1 Å². The van der Waals surface area contributed by atoms with Crippen molar-refractivity contribution in [3.8, 4) is 11.4 Å². The van der Waals surface area contributed by atoms with E-state index in [-0.39, 0.29) is 6.61 Å². The highest BCUT2D eigenvalue weighted by atomic mass is 16.5. The molecule has 158 valence electrons. The standard InChI is InChI=1S/C25H21N5O2/c1-17-21(24(31)32-16-18-9-4-2-5-10-18)22(20-13-8-14-26-15-20)30-25(27-17)28-23(29-30)19-11-6-3-7-12-19/h2-15,22H,16H2,1H3,(H,27,28,29). The molecule has 0 radical (unpaired) electrons. The number of carbonyl (C=O) groups excluding carboxylic acids is 1. The van der Waals surface area contributed by atoms with Gasteiger partial charge in [0.2, 0.25) is 5.95 Å². The molecule has 1 N–H and O–H groups in total. The summed E-state index contributed by atoms with van der Waals surface area (Å²) >= 11 is 0. The first-order valence-electron chi connectivity index (χ1n) is 10.3. The Labute approximate surface area is 185 Å². The van der Waals surface area contributed by atoms with Crippen molar-refractivity contribution in [2.45, 2.75) is 19.6 Å². The van der Waals surface area contributed by atoms with E-state index in [9.17, 15) is 4.79 Å². The van der Waals surface area contributed by atoms with Crippen molar-refractivity contribution in [1.82, 2.24) is 19.7 Å². The number of hydrogen-bond donors (Lipinski definition) is 1. The van der Waals surface area contributed by atoms with Crippen LogP contribution in [0.15, 0.2) is 96.5 Å². The molecule has 7 nitrogen and oxygen atoms in total. The third-order valence-electron chi connectivity index (χ3n) is 5.32. The second-order valence-electron chi connectivity index (χ2n) is 7.48. The summed E-state index contributed by atoms with van der Waals surface area (Å²) < 4.78 is 7.41. The molecule has 1 aliphatic heterocycles. The number of anilines is 1. The van der Waals surface area contributed by atoms with Gasteiger partial charge in [-0.2, -0.15) is 4.98 Å². The van der Waals surface area contributed by atoms with E-state index in [0.717, 1.165) is 16.7 Å². The van der Waals surface area contributed by atoms with Gasteiger partial charge in [-0.05, 0) is 24.1 Å². The number of nitrogens with one attached hydrogen (secondary N) is 1. The smallest absolute Gasteiger partial charge is 0.338 e. The molecule has 0 bridgehead atoms.